The minimum Gasteiger partial charge on any atom is -0.341 e. The number of benzene rings is 2. The van der Waals surface area contributed by atoms with Crippen LogP contribution in [0.5, 0.6) is 0 Å². The monoisotopic (exact) mass is 430 g/mol. The second kappa shape index (κ2) is 8.75. The molecular formula is C24H26N4O2Si. The lowest BCUT2D eigenvalue weighted by Gasteiger charge is -2.26. The van der Waals surface area contributed by atoms with Crippen molar-refractivity contribution in [3.05, 3.63) is 59.7 Å². The summed E-state index contributed by atoms with van der Waals surface area (Å²) in [5, 5.41) is 24.1. The van der Waals surface area contributed by atoms with E-state index in [1.807, 2.05) is 12.1 Å². The van der Waals surface area contributed by atoms with E-state index in [9.17, 15) is 14.9 Å². The largest absolute Gasteiger partial charge is 0.341 e. The highest BCUT2D eigenvalue weighted by atomic mass is 28.3. The van der Waals surface area contributed by atoms with Crippen LogP contribution >= 0.6 is 0 Å². The summed E-state index contributed by atoms with van der Waals surface area (Å²) in [4.78, 5) is 25.9. The number of hydrogen-bond acceptors (Lipinski definition) is 4. The van der Waals surface area contributed by atoms with E-state index in [2.05, 4.69) is 42.4 Å². The maximum absolute atomic E-state index is 13.0. The number of carbonyl (C=O) groups excluding carboxylic acids is 2. The van der Waals surface area contributed by atoms with Crippen molar-refractivity contribution < 1.29 is 9.59 Å². The molecule has 0 spiro atoms. The zero-order valence-electron chi connectivity index (χ0n) is 18.0. The van der Waals surface area contributed by atoms with Gasteiger partial charge in [-0.15, -0.1) is 0 Å². The van der Waals surface area contributed by atoms with Crippen LogP contribution in [0.2, 0.25) is 25.7 Å². The summed E-state index contributed by atoms with van der Waals surface area (Å²) in [6.45, 7) is 6.41. The van der Waals surface area contributed by atoms with Crippen LogP contribution in [0.1, 0.15) is 28.8 Å². The van der Waals surface area contributed by atoms with E-state index in [1.165, 1.54) is 0 Å². The standard InChI is InChI=1S/C24H26N4O2Si/c1-31(2,3)15-21(23(30)28-24(16-26)10-11-24)27-22(29)20-9-5-8-19(13-20)18-7-4-6-17(12-18)14-25/h4-9,12-13,21H,10-11,15H2,1-3H3,(H,27,29)(H,28,30). The second-order valence-electron chi connectivity index (χ2n) is 9.25. The van der Waals surface area contributed by atoms with Crippen LogP contribution in [-0.2, 0) is 4.79 Å². The molecule has 1 atom stereocenters. The molecule has 0 heterocycles. The predicted octanol–water partition coefficient (Wildman–Crippen LogP) is 3.83. The molecule has 1 aliphatic rings. The predicted molar refractivity (Wildman–Crippen MR) is 122 cm³/mol. The molecular weight excluding hydrogens is 404 g/mol. The third-order valence-corrected chi connectivity index (χ3v) is 6.85. The van der Waals surface area contributed by atoms with Gasteiger partial charge < -0.3 is 10.6 Å². The molecule has 0 bridgehead atoms. The van der Waals surface area contributed by atoms with Crippen LogP contribution in [0.4, 0.5) is 0 Å². The summed E-state index contributed by atoms with van der Waals surface area (Å²) in [5.74, 6) is -0.633. The molecule has 1 aliphatic carbocycles. The van der Waals surface area contributed by atoms with E-state index in [0.29, 0.717) is 30.0 Å². The van der Waals surface area contributed by atoms with Gasteiger partial charge in [0.15, 0.2) is 0 Å². The lowest BCUT2D eigenvalue weighted by Crippen LogP contribution is -2.52. The van der Waals surface area contributed by atoms with Gasteiger partial charge in [-0.3, -0.25) is 9.59 Å². The Hall–Kier alpha value is -3.42. The molecule has 158 valence electrons. The van der Waals surface area contributed by atoms with Gasteiger partial charge in [-0.25, -0.2) is 0 Å². The fourth-order valence-corrected chi connectivity index (χ4v) is 4.90. The van der Waals surface area contributed by atoms with Gasteiger partial charge in [0, 0.05) is 13.6 Å². The zero-order valence-corrected chi connectivity index (χ0v) is 19.0. The van der Waals surface area contributed by atoms with Crippen molar-refractivity contribution in [1.29, 1.82) is 10.5 Å². The van der Waals surface area contributed by atoms with Crippen molar-refractivity contribution in [3.63, 3.8) is 0 Å². The summed E-state index contributed by atoms with van der Waals surface area (Å²) in [6, 6.07) is 18.5. The minimum atomic E-state index is -1.68. The lowest BCUT2D eigenvalue weighted by molar-refractivity contribution is -0.123. The topological polar surface area (TPSA) is 106 Å². The van der Waals surface area contributed by atoms with Crippen molar-refractivity contribution in [2.24, 2.45) is 0 Å². The Kier molecular flexibility index (Phi) is 6.28. The van der Waals surface area contributed by atoms with Crippen LogP contribution < -0.4 is 10.6 Å². The van der Waals surface area contributed by atoms with Crippen LogP contribution in [0.25, 0.3) is 11.1 Å². The quantitative estimate of drug-likeness (QED) is 0.651. The van der Waals surface area contributed by atoms with E-state index in [0.717, 1.165) is 11.1 Å². The number of rotatable bonds is 7. The van der Waals surface area contributed by atoms with Gasteiger partial charge in [-0.05, 0) is 54.3 Å². The van der Waals surface area contributed by atoms with Gasteiger partial charge in [0.2, 0.25) is 5.91 Å². The highest BCUT2D eigenvalue weighted by Crippen LogP contribution is 2.34. The summed E-state index contributed by atoms with van der Waals surface area (Å²) in [7, 11) is -1.68. The summed E-state index contributed by atoms with van der Waals surface area (Å²) < 4.78 is 0. The van der Waals surface area contributed by atoms with Crippen LogP contribution in [0.3, 0.4) is 0 Å². The SMILES string of the molecule is C[Si](C)(C)CC(NC(=O)c1cccc(-c2cccc(C#N)c2)c1)C(=O)NC1(C#N)CC1. The van der Waals surface area contributed by atoms with Crippen molar-refractivity contribution in [2.45, 2.75) is 50.1 Å². The molecule has 1 unspecified atom stereocenters. The van der Waals surface area contributed by atoms with E-state index in [1.54, 1.807) is 36.4 Å². The Morgan fingerprint density at radius 1 is 1.06 bits per heavy atom. The Bertz CT molecular complexity index is 1090. The Labute approximate surface area is 183 Å². The molecule has 31 heavy (non-hydrogen) atoms. The van der Waals surface area contributed by atoms with Gasteiger partial charge in [-0.2, -0.15) is 10.5 Å². The molecule has 6 nitrogen and oxygen atoms in total. The Morgan fingerprint density at radius 2 is 1.71 bits per heavy atom. The van der Waals surface area contributed by atoms with Crippen molar-refractivity contribution >= 4 is 19.9 Å². The number of amides is 2. The van der Waals surface area contributed by atoms with Gasteiger partial charge in [0.1, 0.15) is 11.6 Å². The summed E-state index contributed by atoms with van der Waals surface area (Å²) >= 11 is 0. The number of carbonyl (C=O) groups is 2. The van der Waals surface area contributed by atoms with Crippen molar-refractivity contribution in [3.8, 4) is 23.3 Å². The molecule has 1 saturated carbocycles. The average molecular weight is 431 g/mol. The molecule has 2 aromatic carbocycles. The smallest absolute Gasteiger partial charge is 0.251 e. The summed E-state index contributed by atoms with van der Waals surface area (Å²) in [5.41, 5.74) is 1.87. The fourth-order valence-electron chi connectivity index (χ4n) is 3.38. The first-order valence-corrected chi connectivity index (χ1v) is 14.0. The maximum Gasteiger partial charge on any atom is 0.251 e. The summed E-state index contributed by atoms with van der Waals surface area (Å²) in [6.07, 6.45) is 1.29. The highest BCUT2D eigenvalue weighted by Gasteiger charge is 2.46. The molecule has 2 amide bonds. The normalized spacial score (nSPS) is 15.1. The minimum absolute atomic E-state index is 0.298. The first kappa shape index (κ1) is 22.3. The number of nitrogens with zero attached hydrogens (tertiary/aromatic N) is 2. The number of nitriles is 2. The first-order valence-electron chi connectivity index (χ1n) is 10.3. The molecule has 3 rings (SSSR count). The Morgan fingerprint density at radius 3 is 2.29 bits per heavy atom. The first-order chi connectivity index (χ1) is 14.6. The highest BCUT2D eigenvalue weighted by molar-refractivity contribution is 6.76. The van der Waals surface area contributed by atoms with Gasteiger partial charge >= 0.3 is 0 Å². The van der Waals surface area contributed by atoms with Crippen LogP contribution in [0.15, 0.2) is 48.5 Å². The Balaban J connectivity index is 1.80. The molecule has 0 saturated heterocycles. The molecule has 0 aliphatic heterocycles. The molecule has 7 heteroatoms. The van der Waals surface area contributed by atoms with E-state index in [-0.39, 0.29) is 11.8 Å². The van der Waals surface area contributed by atoms with Crippen molar-refractivity contribution in [2.75, 3.05) is 0 Å². The fraction of sp³-hybridized carbons (Fsp3) is 0.333. The second-order valence-corrected chi connectivity index (χ2v) is 14.8. The molecule has 2 N–H and O–H groups in total. The number of nitrogens with one attached hydrogen (secondary N) is 2. The van der Waals surface area contributed by atoms with Gasteiger partial charge in [-0.1, -0.05) is 43.9 Å². The third-order valence-electron chi connectivity index (χ3n) is 5.21. The van der Waals surface area contributed by atoms with Gasteiger partial charge in [0.25, 0.3) is 5.91 Å². The molecule has 0 radical (unpaired) electrons. The molecule has 1 fully saturated rings. The van der Waals surface area contributed by atoms with E-state index < -0.39 is 19.7 Å². The van der Waals surface area contributed by atoms with E-state index in [4.69, 9.17) is 5.26 Å². The zero-order chi connectivity index (χ0) is 22.6. The van der Waals surface area contributed by atoms with Gasteiger partial charge in [0.05, 0.1) is 17.7 Å². The van der Waals surface area contributed by atoms with Crippen molar-refractivity contribution in [1.82, 2.24) is 10.6 Å². The average Bonchev–Trinajstić information content (AvgIpc) is 3.52. The maximum atomic E-state index is 13.0. The van der Waals surface area contributed by atoms with E-state index >= 15 is 0 Å². The molecule has 0 aromatic heterocycles. The van der Waals surface area contributed by atoms with Crippen LogP contribution in [-0.4, -0.2) is 31.5 Å². The lowest BCUT2D eigenvalue weighted by atomic mass is 10.0. The van der Waals surface area contributed by atoms with Crippen LogP contribution in [0, 0.1) is 22.7 Å². The third kappa shape index (κ3) is 5.81. The molecule has 2 aromatic rings. The number of hydrogen-bond donors (Lipinski definition) is 2.